The van der Waals surface area contributed by atoms with Crippen molar-refractivity contribution in [2.24, 2.45) is 34.5 Å². The van der Waals surface area contributed by atoms with Gasteiger partial charge in [0, 0.05) is 73.1 Å². The second kappa shape index (κ2) is 11.8. The Labute approximate surface area is 302 Å². The first-order chi connectivity index (χ1) is 20.2. The largest absolute Gasteiger partial charge is 0.456 e. The summed E-state index contributed by atoms with van der Waals surface area (Å²) < 4.78 is 23.1. The van der Waals surface area contributed by atoms with E-state index < -0.39 is 81.9 Å². The minimum atomic E-state index is -1.45. The van der Waals surface area contributed by atoms with Crippen LogP contribution in [0.2, 0.25) is 0 Å². The molecule has 0 aromatic heterocycles. The SMILES string of the molecule is C#CCOC(=O)N1[C@@H](C)[C@H](C(=O)O[C@H]2C[C@@]3(O)[C@@H](C)[C@@H]4[C@]5(O)CO[C@@H]5C[C@H](C)[C@@]4(C)C(=O)[C@H](C)C(=C2C)C3(C)C)OC1(C)C.[Ac]. The number of rotatable bonds is 3. The van der Waals surface area contributed by atoms with Crippen LogP contribution in [-0.4, -0.2) is 87.5 Å². The van der Waals surface area contributed by atoms with Crippen LogP contribution >= 0.6 is 0 Å². The zero-order valence-corrected chi connectivity index (χ0v) is 33.0. The number of aliphatic hydroxyl groups is 2. The van der Waals surface area contributed by atoms with E-state index in [9.17, 15) is 24.6 Å². The van der Waals surface area contributed by atoms with Gasteiger partial charge in [-0.05, 0) is 57.1 Å². The van der Waals surface area contributed by atoms with Gasteiger partial charge in [-0.25, -0.2) is 9.59 Å². The van der Waals surface area contributed by atoms with E-state index in [4.69, 9.17) is 25.4 Å². The normalized spacial score (nSPS) is 44.6. The van der Waals surface area contributed by atoms with E-state index in [1.54, 1.807) is 20.8 Å². The van der Waals surface area contributed by atoms with Crippen LogP contribution in [0.15, 0.2) is 11.1 Å². The number of hydrogen-bond acceptors (Lipinski definition) is 9. The fraction of sp³-hybridized carbons (Fsp3) is 0.794. The molecular formula is C34H49AcNO9. The molecule has 2 aliphatic heterocycles. The summed E-state index contributed by atoms with van der Waals surface area (Å²) in [5.41, 5.74) is -4.16. The van der Waals surface area contributed by atoms with Crippen LogP contribution in [0.4, 0.5) is 4.79 Å². The summed E-state index contributed by atoms with van der Waals surface area (Å²) in [6.45, 7) is 18.4. The molecule has 2 saturated heterocycles. The molecule has 10 nitrogen and oxygen atoms in total. The van der Waals surface area contributed by atoms with E-state index in [0.29, 0.717) is 6.42 Å². The van der Waals surface area contributed by atoms with Gasteiger partial charge < -0.3 is 29.2 Å². The van der Waals surface area contributed by atoms with Crippen molar-refractivity contribution in [2.45, 2.75) is 123 Å². The molecule has 247 valence electrons. The number of hydrogen-bond donors (Lipinski definition) is 2. The van der Waals surface area contributed by atoms with Crippen LogP contribution in [0.5, 0.6) is 0 Å². The van der Waals surface area contributed by atoms with Gasteiger partial charge in [-0.3, -0.25) is 9.69 Å². The van der Waals surface area contributed by atoms with Crippen LogP contribution in [0.25, 0.3) is 0 Å². The Morgan fingerprint density at radius 1 is 1.11 bits per heavy atom. The molecule has 1 radical (unpaired) electrons. The van der Waals surface area contributed by atoms with E-state index in [2.05, 4.69) is 5.92 Å². The van der Waals surface area contributed by atoms with Crippen LogP contribution in [0.1, 0.15) is 82.1 Å². The van der Waals surface area contributed by atoms with Gasteiger partial charge in [0.2, 0.25) is 0 Å². The van der Waals surface area contributed by atoms with Crippen LogP contribution in [0.3, 0.4) is 0 Å². The van der Waals surface area contributed by atoms with E-state index in [1.165, 1.54) is 4.90 Å². The summed E-state index contributed by atoms with van der Waals surface area (Å²) in [5.74, 6) is -0.196. The molecule has 0 unspecified atom stereocenters. The molecular weight excluding hydrogens is 793 g/mol. The molecule has 11 heteroatoms. The van der Waals surface area contributed by atoms with Gasteiger partial charge in [0.25, 0.3) is 0 Å². The molecule has 45 heavy (non-hydrogen) atoms. The average molecular weight is 843 g/mol. The Morgan fingerprint density at radius 3 is 2.29 bits per heavy atom. The van der Waals surface area contributed by atoms with Crippen molar-refractivity contribution < 1.29 is 87.6 Å². The molecule has 2 N–H and O–H groups in total. The molecule has 2 heterocycles. The first-order valence-corrected chi connectivity index (χ1v) is 15.8. The Balaban J connectivity index is 0.00000461. The van der Waals surface area contributed by atoms with Crippen LogP contribution in [0, 0.1) is 90.9 Å². The molecule has 3 aliphatic carbocycles. The molecule has 0 aromatic carbocycles. The number of ether oxygens (including phenoxy) is 4. The van der Waals surface area contributed by atoms with Crippen molar-refractivity contribution >= 4 is 17.8 Å². The molecule has 1 amide bonds. The number of nitrogens with zero attached hydrogens (tertiary/aromatic N) is 1. The van der Waals surface area contributed by atoms with Gasteiger partial charge >= 0.3 is 12.1 Å². The summed E-state index contributed by atoms with van der Waals surface area (Å²) in [7, 11) is 0. The second-order valence-corrected chi connectivity index (χ2v) is 15.2. The van der Waals surface area contributed by atoms with Gasteiger partial charge in [-0.15, -0.1) is 6.42 Å². The van der Waals surface area contributed by atoms with Crippen molar-refractivity contribution in [2.75, 3.05) is 13.2 Å². The van der Waals surface area contributed by atoms with Crippen molar-refractivity contribution in [3.8, 4) is 12.3 Å². The van der Waals surface area contributed by atoms with Gasteiger partial charge in [-0.2, -0.15) is 0 Å². The maximum absolute atomic E-state index is 14.6. The second-order valence-electron chi connectivity index (χ2n) is 15.2. The van der Waals surface area contributed by atoms with E-state index in [-0.39, 0.29) is 75.4 Å². The Kier molecular flexibility index (Phi) is 9.69. The van der Waals surface area contributed by atoms with Gasteiger partial charge in [0.1, 0.15) is 23.2 Å². The topological polar surface area (TPSA) is 132 Å². The molecule has 11 atom stereocenters. The Morgan fingerprint density at radius 2 is 1.73 bits per heavy atom. The number of carbonyl (C=O) groups is 3. The predicted molar refractivity (Wildman–Crippen MR) is 160 cm³/mol. The van der Waals surface area contributed by atoms with Crippen molar-refractivity contribution in [1.29, 1.82) is 0 Å². The zero-order chi connectivity index (χ0) is 32.9. The average Bonchev–Trinajstić information content (AvgIpc) is 3.18. The number of Topliss-reactive ketones (excluding diaryl/α,β-unsaturated/α-hetero) is 1. The standard InChI is InChI=1S/C34H49NO9.Ac/c1-12-13-41-29(38)35-21(6)25(44-31(35,9)10)28(37)43-22-15-34(40)20(5)26-32(11,17(2)14-23-33(26,39)16-42-23)27(36)19(4)24(18(22)3)30(34,7)8;/h1,17,19-23,25-26,39-40H,13-16H2,2-11H3;/t17-,19+,20-,21-,22-,23+,25+,26-,32+,33-,34+;/m0./s1. The van der Waals surface area contributed by atoms with E-state index in [1.807, 2.05) is 48.5 Å². The van der Waals surface area contributed by atoms with E-state index in [0.717, 1.165) is 11.1 Å². The Bertz CT molecular complexity index is 1340. The number of ketones is 1. The number of fused-ring (bicyclic) bond motifs is 5. The summed E-state index contributed by atoms with van der Waals surface area (Å²) >= 11 is 0. The number of esters is 1. The number of amides is 1. The molecule has 0 spiro atoms. The minimum absolute atomic E-state index is 0. The van der Waals surface area contributed by atoms with Gasteiger partial charge in [-0.1, -0.05) is 47.5 Å². The van der Waals surface area contributed by atoms with Crippen LogP contribution in [-0.2, 0) is 28.5 Å². The fourth-order valence-electron chi connectivity index (χ4n) is 10.0. The third-order valence-corrected chi connectivity index (χ3v) is 12.4. The molecule has 5 rings (SSSR count). The van der Waals surface area contributed by atoms with Crippen molar-refractivity contribution in [3.05, 3.63) is 11.1 Å². The molecule has 2 bridgehead atoms. The molecule has 4 fully saturated rings. The van der Waals surface area contributed by atoms with Crippen molar-refractivity contribution in [1.82, 2.24) is 4.90 Å². The summed E-state index contributed by atoms with van der Waals surface area (Å²) in [4.78, 5) is 42.5. The monoisotopic (exact) mass is 842 g/mol. The number of terminal acetylenes is 1. The third-order valence-electron chi connectivity index (χ3n) is 12.4. The molecule has 5 aliphatic rings. The zero-order valence-electron chi connectivity index (χ0n) is 28.3. The smallest absolute Gasteiger partial charge is 0.413 e. The fourth-order valence-corrected chi connectivity index (χ4v) is 10.0. The summed E-state index contributed by atoms with van der Waals surface area (Å²) in [5, 5.41) is 24.9. The van der Waals surface area contributed by atoms with Gasteiger partial charge in [0.05, 0.1) is 24.4 Å². The van der Waals surface area contributed by atoms with Gasteiger partial charge in [0.15, 0.2) is 12.7 Å². The quantitative estimate of drug-likeness (QED) is 0.249. The maximum Gasteiger partial charge on any atom is 0.413 e. The first kappa shape index (κ1) is 36.8. The number of carbonyl (C=O) groups excluding carboxylic acids is 3. The third kappa shape index (κ3) is 5.02. The maximum atomic E-state index is 14.6. The summed E-state index contributed by atoms with van der Waals surface area (Å²) in [6.07, 6.45) is 2.80. The molecule has 0 aromatic rings. The van der Waals surface area contributed by atoms with Crippen molar-refractivity contribution in [3.63, 3.8) is 0 Å². The van der Waals surface area contributed by atoms with Crippen LogP contribution < -0.4 is 0 Å². The molecule has 2 saturated carbocycles. The first-order valence-electron chi connectivity index (χ1n) is 15.8. The minimum Gasteiger partial charge on any atom is -0.456 e. The predicted octanol–water partition coefficient (Wildman–Crippen LogP) is 3.62. The Hall–Kier alpha value is -1.01. The summed E-state index contributed by atoms with van der Waals surface area (Å²) in [6, 6.07) is -0.724. The van der Waals surface area contributed by atoms with E-state index >= 15 is 0 Å².